The molecule has 1 amide bonds. The molecule has 108 valence electrons. The molecule has 0 radical (unpaired) electrons. The Kier molecular flexibility index (Phi) is 4.12. The summed E-state index contributed by atoms with van der Waals surface area (Å²) in [7, 11) is 3.03. The van der Waals surface area contributed by atoms with Crippen LogP contribution in [-0.4, -0.2) is 31.2 Å². The van der Waals surface area contributed by atoms with E-state index in [1.807, 2.05) is 0 Å². The SMILES string of the molecule is COc1cc2c(cc1OC)C(CC(=O)O)CCC(=O)N2. The highest BCUT2D eigenvalue weighted by Crippen LogP contribution is 2.41. The minimum absolute atomic E-state index is 0.0164. The molecule has 6 nitrogen and oxygen atoms in total. The maximum atomic E-state index is 11.7. The largest absolute Gasteiger partial charge is 0.493 e. The van der Waals surface area contributed by atoms with Crippen LogP contribution in [-0.2, 0) is 9.59 Å². The molecule has 0 fully saturated rings. The lowest BCUT2D eigenvalue weighted by Gasteiger charge is -2.18. The number of hydrogen-bond donors (Lipinski definition) is 2. The second-order valence-corrected chi connectivity index (χ2v) is 4.68. The summed E-state index contributed by atoms with van der Waals surface area (Å²) in [5, 5.41) is 11.8. The Bertz CT molecular complexity index is 541. The minimum atomic E-state index is -0.884. The van der Waals surface area contributed by atoms with E-state index in [2.05, 4.69) is 5.32 Å². The molecule has 1 aliphatic rings. The molecule has 2 N–H and O–H groups in total. The van der Waals surface area contributed by atoms with Crippen LogP contribution in [0.25, 0.3) is 0 Å². The predicted octanol–water partition coefficient (Wildman–Crippen LogP) is 1.99. The van der Waals surface area contributed by atoms with Crippen molar-refractivity contribution in [2.24, 2.45) is 0 Å². The van der Waals surface area contributed by atoms with E-state index in [9.17, 15) is 9.59 Å². The van der Waals surface area contributed by atoms with Gasteiger partial charge in [-0.2, -0.15) is 0 Å². The van der Waals surface area contributed by atoms with Crippen molar-refractivity contribution in [1.82, 2.24) is 0 Å². The third-order valence-electron chi connectivity index (χ3n) is 3.41. The molecule has 2 rings (SSSR count). The maximum Gasteiger partial charge on any atom is 0.303 e. The third kappa shape index (κ3) is 2.84. The Morgan fingerprint density at radius 2 is 2.00 bits per heavy atom. The molecule has 1 unspecified atom stereocenters. The zero-order valence-electron chi connectivity index (χ0n) is 11.4. The van der Waals surface area contributed by atoms with Gasteiger partial charge in [0.05, 0.1) is 20.6 Å². The highest BCUT2D eigenvalue weighted by atomic mass is 16.5. The van der Waals surface area contributed by atoms with Crippen LogP contribution in [0.15, 0.2) is 12.1 Å². The smallest absolute Gasteiger partial charge is 0.303 e. The molecule has 0 aromatic heterocycles. The molecule has 1 aromatic carbocycles. The van der Waals surface area contributed by atoms with Crippen LogP contribution < -0.4 is 14.8 Å². The first kappa shape index (κ1) is 14.2. The van der Waals surface area contributed by atoms with Gasteiger partial charge in [-0.15, -0.1) is 0 Å². The van der Waals surface area contributed by atoms with E-state index in [-0.39, 0.29) is 18.2 Å². The Labute approximate surface area is 116 Å². The average Bonchev–Trinajstić information content (AvgIpc) is 2.56. The minimum Gasteiger partial charge on any atom is -0.493 e. The number of anilines is 1. The summed E-state index contributed by atoms with van der Waals surface area (Å²) in [5.41, 5.74) is 1.37. The quantitative estimate of drug-likeness (QED) is 0.880. The van der Waals surface area contributed by atoms with Gasteiger partial charge in [0.1, 0.15) is 0 Å². The second-order valence-electron chi connectivity index (χ2n) is 4.68. The van der Waals surface area contributed by atoms with E-state index in [0.717, 1.165) is 5.56 Å². The highest BCUT2D eigenvalue weighted by molar-refractivity contribution is 5.93. The summed E-state index contributed by atoms with van der Waals surface area (Å²) in [6.07, 6.45) is 0.787. The van der Waals surface area contributed by atoms with Crippen LogP contribution in [0, 0.1) is 0 Å². The average molecular weight is 279 g/mol. The van der Waals surface area contributed by atoms with Gasteiger partial charge in [-0.1, -0.05) is 0 Å². The van der Waals surface area contributed by atoms with Crippen molar-refractivity contribution < 1.29 is 24.2 Å². The predicted molar refractivity (Wildman–Crippen MR) is 72.4 cm³/mol. The first-order chi connectivity index (χ1) is 9.55. The van der Waals surface area contributed by atoms with E-state index < -0.39 is 5.97 Å². The summed E-state index contributed by atoms with van der Waals surface area (Å²) in [6.45, 7) is 0. The topological polar surface area (TPSA) is 84.9 Å². The Hall–Kier alpha value is -2.24. The molecule has 1 atom stereocenters. The molecule has 0 bridgehead atoms. The van der Waals surface area contributed by atoms with Gasteiger partial charge in [0.2, 0.25) is 5.91 Å². The van der Waals surface area contributed by atoms with Gasteiger partial charge in [0, 0.05) is 18.2 Å². The normalized spacial score (nSPS) is 17.7. The summed E-state index contributed by atoms with van der Waals surface area (Å²) >= 11 is 0. The van der Waals surface area contributed by atoms with Gasteiger partial charge in [-0.05, 0) is 24.0 Å². The lowest BCUT2D eigenvalue weighted by Crippen LogP contribution is -2.09. The van der Waals surface area contributed by atoms with Crippen LogP contribution in [0.5, 0.6) is 11.5 Å². The van der Waals surface area contributed by atoms with Crippen molar-refractivity contribution in [3.05, 3.63) is 17.7 Å². The summed E-state index contributed by atoms with van der Waals surface area (Å²) < 4.78 is 10.4. The number of rotatable bonds is 4. The molecule has 1 aliphatic heterocycles. The zero-order chi connectivity index (χ0) is 14.7. The van der Waals surface area contributed by atoms with Crippen molar-refractivity contribution in [3.63, 3.8) is 0 Å². The lowest BCUT2D eigenvalue weighted by atomic mass is 9.91. The number of hydrogen-bond acceptors (Lipinski definition) is 4. The summed E-state index contributed by atoms with van der Waals surface area (Å²) in [6, 6.07) is 3.42. The number of methoxy groups -OCH3 is 2. The lowest BCUT2D eigenvalue weighted by molar-refractivity contribution is -0.137. The molecule has 20 heavy (non-hydrogen) atoms. The van der Waals surface area contributed by atoms with Crippen molar-refractivity contribution in [2.75, 3.05) is 19.5 Å². The number of carbonyl (C=O) groups is 2. The summed E-state index contributed by atoms with van der Waals surface area (Å²) in [5.74, 6) is -0.196. The van der Waals surface area contributed by atoms with Gasteiger partial charge in [0.25, 0.3) is 0 Å². The van der Waals surface area contributed by atoms with Crippen LogP contribution in [0.4, 0.5) is 5.69 Å². The van der Waals surface area contributed by atoms with Crippen LogP contribution in [0.1, 0.15) is 30.7 Å². The number of carboxylic acid groups (broad SMARTS) is 1. The number of nitrogens with one attached hydrogen (secondary N) is 1. The molecule has 0 saturated carbocycles. The number of carboxylic acids is 1. The second kappa shape index (κ2) is 5.81. The number of carbonyl (C=O) groups excluding carboxylic acids is 1. The maximum absolute atomic E-state index is 11.7. The molecule has 0 saturated heterocycles. The molecule has 1 heterocycles. The zero-order valence-corrected chi connectivity index (χ0v) is 11.4. The fourth-order valence-electron chi connectivity index (χ4n) is 2.44. The third-order valence-corrected chi connectivity index (χ3v) is 3.41. The molecule has 0 aliphatic carbocycles. The Balaban J connectivity index is 2.49. The van der Waals surface area contributed by atoms with Crippen molar-refractivity contribution in [3.8, 4) is 11.5 Å². The van der Waals surface area contributed by atoms with Gasteiger partial charge in [-0.3, -0.25) is 9.59 Å². The number of amides is 1. The van der Waals surface area contributed by atoms with E-state index in [1.54, 1.807) is 12.1 Å². The molecular weight excluding hydrogens is 262 g/mol. The number of fused-ring (bicyclic) bond motifs is 1. The fourth-order valence-corrected chi connectivity index (χ4v) is 2.44. The molecular formula is C14H17NO5. The van der Waals surface area contributed by atoms with E-state index >= 15 is 0 Å². The first-order valence-corrected chi connectivity index (χ1v) is 6.32. The van der Waals surface area contributed by atoms with E-state index in [4.69, 9.17) is 14.6 Å². The first-order valence-electron chi connectivity index (χ1n) is 6.32. The molecule has 0 spiro atoms. The highest BCUT2D eigenvalue weighted by Gasteiger charge is 2.26. The summed E-state index contributed by atoms with van der Waals surface area (Å²) in [4.78, 5) is 22.7. The van der Waals surface area contributed by atoms with Crippen LogP contribution in [0.2, 0.25) is 0 Å². The van der Waals surface area contributed by atoms with E-state index in [1.165, 1.54) is 14.2 Å². The Morgan fingerprint density at radius 1 is 1.35 bits per heavy atom. The molecule has 1 aromatic rings. The monoisotopic (exact) mass is 279 g/mol. The number of benzene rings is 1. The van der Waals surface area contributed by atoms with Gasteiger partial charge in [0.15, 0.2) is 11.5 Å². The Morgan fingerprint density at radius 3 is 2.60 bits per heavy atom. The van der Waals surface area contributed by atoms with Crippen LogP contribution >= 0.6 is 0 Å². The van der Waals surface area contributed by atoms with Gasteiger partial charge >= 0.3 is 5.97 Å². The standard InChI is InChI=1S/C14H17NO5/c1-19-11-6-9-8(5-14(17)18)3-4-13(16)15-10(9)7-12(11)20-2/h6-8H,3-5H2,1-2H3,(H,15,16)(H,17,18). The van der Waals surface area contributed by atoms with Crippen LogP contribution in [0.3, 0.4) is 0 Å². The number of aliphatic carboxylic acids is 1. The van der Waals surface area contributed by atoms with Gasteiger partial charge in [-0.25, -0.2) is 0 Å². The molecule has 6 heteroatoms. The van der Waals surface area contributed by atoms with Gasteiger partial charge < -0.3 is 19.9 Å². The fraction of sp³-hybridized carbons (Fsp3) is 0.429. The van der Waals surface area contributed by atoms with E-state index in [0.29, 0.717) is 30.0 Å². The van der Waals surface area contributed by atoms with Crippen molar-refractivity contribution in [1.29, 1.82) is 0 Å². The van der Waals surface area contributed by atoms with Crippen molar-refractivity contribution in [2.45, 2.75) is 25.2 Å². The van der Waals surface area contributed by atoms with Crippen molar-refractivity contribution >= 4 is 17.6 Å². The number of ether oxygens (including phenoxy) is 2.